The fourth-order valence-electron chi connectivity index (χ4n) is 1.63. The van der Waals surface area contributed by atoms with E-state index in [2.05, 4.69) is 36.4 Å². The summed E-state index contributed by atoms with van der Waals surface area (Å²) in [5.41, 5.74) is 0. The normalized spacial score (nSPS) is 11.3. The van der Waals surface area contributed by atoms with Gasteiger partial charge in [-0.2, -0.15) is 0 Å². The summed E-state index contributed by atoms with van der Waals surface area (Å²) >= 11 is 0. The van der Waals surface area contributed by atoms with Gasteiger partial charge in [0.1, 0.15) is 0 Å². The van der Waals surface area contributed by atoms with Crippen LogP contribution in [0.3, 0.4) is 0 Å². The molecule has 0 fully saturated rings. The Labute approximate surface area is 136 Å². The fraction of sp³-hybridized carbons (Fsp3) is 0.929. The van der Waals surface area contributed by atoms with Crippen LogP contribution < -0.4 is 10.6 Å². The van der Waals surface area contributed by atoms with Gasteiger partial charge in [0.25, 0.3) is 0 Å². The minimum absolute atomic E-state index is 0. The van der Waals surface area contributed by atoms with E-state index < -0.39 is 0 Å². The highest BCUT2D eigenvalue weighted by Crippen LogP contribution is 2.06. The number of rotatable bonds is 10. The topological polar surface area (TPSA) is 45.7 Å². The molecule has 0 bridgehead atoms. The molecule has 0 saturated carbocycles. The molecule has 0 aromatic heterocycles. The van der Waals surface area contributed by atoms with Crippen LogP contribution in [0.5, 0.6) is 0 Å². The first-order valence-electron chi connectivity index (χ1n) is 7.38. The third-order valence-electron chi connectivity index (χ3n) is 2.97. The number of ether oxygens (including phenoxy) is 1. The molecule has 0 aromatic rings. The molecule has 0 aliphatic heterocycles. The molecule has 19 heavy (non-hydrogen) atoms. The molecule has 0 aromatic carbocycles. The van der Waals surface area contributed by atoms with Gasteiger partial charge in [-0.05, 0) is 26.2 Å². The molecule has 0 atom stereocenters. The van der Waals surface area contributed by atoms with Crippen LogP contribution in [0.15, 0.2) is 4.99 Å². The van der Waals surface area contributed by atoms with Crippen LogP contribution in [0.25, 0.3) is 0 Å². The molecule has 0 aliphatic carbocycles. The number of hydrogen-bond donors (Lipinski definition) is 2. The quantitative estimate of drug-likeness (QED) is 0.263. The zero-order valence-electron chi connectivity index (χ0n) is 13.0. The Morgan fingerprint density at radius 2 is 1.79 bits per heavy atom. The number of halogens is 1. The predicted molar refractivity (Wildman–Crippen MR) is 94.6 cm³/mol. The van der Waals surface area contributed by atoms with Crippen LogP contribution in [0.4, 0.5) is 0 Å². The maximum Gasteiger partial charge on any atom is 0.191 e. The van der Waals surface area contributed by atoms with Gasteiger partial charge in [-0.1, -0.05) is 26.7 Å². The van der Waals surface area contributed by atoms with Crippen molar-refractivity contribution in [1.82, 2.24) is 10.6 Å². The lowest BCUT2D eigenvalue weighted by atomic mass is 10.0. The van der Waals surface area contributed by atoms with E-state index in [1.54, 1.807) is 0 Å². The zero-order valence-corrected chi connectivity index (χ0v) is 15.3. The van der Waals surface area contributed by atoms with Crippen LogP contribution in [-0.2, 0) is 4.74 Å². The highest BCUT2D eigenvalue weighted by molar-refractivity contribution is 14.0. The number of hydrogen-bond acceptors (Lipinski definition) is 2. The highest BCUT2D eigenvalue weighted by atomic mass is 127. The van der Waals surface area contributed by atoms with Crippen LogP contribution in [-0.4, -0.2) is 38.8 Å². The van der Waals surface area contributed by atoms with Gasteiger partial charge in [-0.25, -0.2) is 0 Å². The van der Waals surface area contributed by atoms with Gasteiger partial charge in [0.15, 0.2) is 5.96 Å². The van der Waals surface area contributed by atoms with E-state index in [4.69, 9.17) is 4.74 Å². The lowest BCUT2D eigenvalue weighted by Crippen LogP contribution is -2.38. The number of nitrogens with zero attached hydrogens (tertiary/aromatic N) is 1. The minimum Gasteiger partial charge on any atom is -0.382 e. The van der Waals surface area contributed by atoms with Crippen LogP contribution in [0.2, 0.25) is 0 Å². The molecule has 0 saturated heterocycles. The summed E-state index contributed by atoms with van der Waals surface area (Å²) < 4.78 is 5.31. The van der Waals surface area contributed by atoms with Crippen molar-refractivity contribution in [3.8, 4) is 0 Å². The number of aliphatic imine (C=N–C) groups is 1. The molecule has 0 amide bonds. The molecule has 116 valence electrons. The van der Waals surface area contributed by atoms with Crippen LogP contribution in [0.1, 0.15) is 47.0 Å². The minimum atomic E-state index is 0. The van der Waals surface area contributed by atoms with Crippen molar-refractivity contribution in [3.05, 3.63) is 0 Å². The first-order valence-corrected chi connectivity index (χ1v) is 7.38. The maximum absolute atomic E-state index is 5.31. The SMILES string of the molecule is CCNC(=NCC(CC)CC)NCCCOCC.I. The molecule has 5 heteroatoms. The first-order chi connectivity index (χ1) is 8.78. The van der Waals surface area contributed by atoms with Gasteiger partial charge < -0.3 is 15.4 Å². The van der Waals surface area contributed by atoms with Crippen molar-refractivity contribution < 1.29 is 4.74 Å². The summed E-state index contributed by atoms with van der Waals surface area (Å²) in [6.45, 7) is 12.9. The molecule has 0 unspecified atom stereocenters. The van der Waals surface area contributed by atoms with E-state index in [0.717, 1.165) is 45.2 Å². The van der Waals surface area contributed by atoms with Gasteiger partial charge >= 0.3 is 0 Å². The fourth-order valence-corrected chi connectivity index (χ4v) is 1.63. The van der Waals surface area contributed by atoms with Gasteiger partial charge in [-0.3, -0.25) is 4.99 Å². The third kappa shape index (κ3) is 12.7. The highest BCUT2D eigenvalue weighted by Gasteiger charge is 2.03. The average Bonchev–Trinajstić information content (AvgIpc) is 2.39. The van der Waals surface area contributed by atoms with E-state index in [1.165, 1.54) is 12.8 Å². The van der Waals surface area contributed by atoms with Gasteiger partial charge in [0.2, 0.25) is 0 Å². The lowest BCUT2D eigenvalue weighted by Gasteiger charge is -2.13. The van der Waals surface area contributed by atoms with Crippen LogP contribution in [0, 0.1) is 5.92 Å². The Morgan fingerprint density at radius 3 is 2.32 bits per heavy atom. The Balaban J connectivity index is 0. The molecular weight excluding hydrogens is 353 g/mol. The molecule has 0 heterocycles. The monoisotopic (exact) mass is 385 g/mol. The van der Waals surface area contributed by atoms with Crippen molar-refractivity contribution in [3.63, 3.8) is 0 Å². The molecule has 4 nitrogen and oxygen atoms in total. The molecule has 0 rings (SSSR count). The summed E-state index contributed by atoms with van der Waals surface area (Å²) in [6, 6.07) is 0. The van der Waals surface area contributed by atoms with Gasteiger partial charge in [0, 0.05) is 32.8 Å². The summed E-state index contributed by atoms with van der Waals surface area (Å²) in [6.07, 6.45) is 3.41. The summed E-state index contributed by atoms with van der Waals surface area (Å²) in [5.74, 6) is 1.63. The van der Waals surface area contributed by atoms with E-state index in [9.17, 15) is 0 Å². The van der Waals surface area contributed by atoms with E-state index >= 15 is 0 Å². The Morgan fingerprint density at radius 1 is 1.11 bits per heavy atom. The molecular formula is C14H32IN3O. The molecule has 0 radical (unpaired) electrons. The van der Waals surface area contributed by atoms with Crippen molar-refractivity contribution in [2.24, 2.45) is 10.9 Å². The standard InChI is InChI=1S/C14H31N3O.HI/c1-5-13(6-2)12-17-14(15-7-3)16-10-9-11-18-8-4;/h13H,5-12H2,1-4H3,(H2,15,16,17);1H. The second kappa shape index (κ2) is 16.0. The van der Waals surface area contributed by atoms with E-state index in [0.29, 0.717) is 5.92 Å². The predicted octanol–water partition coefficient (Wildman–Crippen LogP) is 3.02. The maximum atomic E-state index is 5.31. The van der Waals surface area contributed by atoms with Gasteiger partial charge in [0.05, 0.1) is 0 Å². The zero-order chi connectivity index (χ0) is 13.6. The summed E-state index contributed by atoms with van der Waals surface area (Å²) in [5, 5.41) is 6.62. The largest absolute Gasteiger partial charge is 0.382 e. The third-order valence-corrected chi connectivity index (χ3v) is 2.97. The van der Waals surface area contributed by atoms with Gasteiger partial charge in [-0.15, -0.1) is 24.0 Å². The summed E-state index contributed by atoms with van der Waals surface area (Å²) in [7, 11) is 0. The van der Waals surface area contributed by atoms with Crippen molar-refractivity contribution >= 4 is 29.9 Å². The number of guanidine groups is 1. The van der Waals surface area contributed by atoms with Crippen molar-refractivity contribution in [2.45, 2.75) is 47.0 Å². The molecule has 0 aliphatic rings. The van der Waals surface area contributed by atoms with E-state index in [1.807, 2.05) is 6.92 Å². The molecule has 2 N–H and O–H groups in total. The van der Waals surface area contributed by atoms with Crippen LogP contribution >= 0.6 is 24.0 Å². The van der Waals surface area contributed by atoms with E-state index in [-0.39, 0.29) is 24.0 Å². The smallest absolute Gasteiger partial charge is 0.191 e. The second-order valence-electron chi connectivity index (χ2n) is 4.38. The lowest BCUT2D eigenvalue weighted by molar-refractivity contribution is 0.145. The first kappa shape index (κ1) is 21.3. The summed E-state index contributed by atoms with van der Waals surface area (Å²) in [4.78, 5) is 4.63. The Kier molecular flexibility index (Phi) is 17.9. The van der Waals surface area contributed by atoms with Crippen molar-refractivity contribution in [2.75, 3.05) is 32.8 Å². The Hall–Kier alpha value is -0.0400. The Bertz CT molecular complexity index is 209. The average molecular weight is 385 g/mol. The number of nitrogens with one attached hydrogen (secondary N) is 2. The molecule has 0 spiro atoms. The second-order valence-corrected chi connectivity index (χ2v) is 4.38. The van der Waals surface area contributed by atoms with Crippen molar-refractivity contribution in [1.29, 1.82) is 0 Å².